The molecule has 2 N–H and O–H groups in total. The van der Waals surface area contributed by atoms with Crippen molar-refractivity contribution in [3.8, 4) is 11.1 Å². The molecule has 4 rings (SSSR count). The van der Waals surface area contributed by atoms with Crippen LogP contribution in [0.3, 0.4) is 0 Å². The third-order valence-corrected chi connectivity index (χ3v) is 3.73. The van der Waals surface area contributed by atoms with Crippen LogP contribution in [0.2, 0.25) is 0 Å². The Balaban J connectivity index is 0.00000115. The van der Waals surface area contributed by atoms with Crippen molar-refractivity contribution >= 4 is 29.5 Å². The number of nitrogens with zero attached hydrogens (tertiary/aromatic N) is 2. The van der Waals surface area contributed by atoms with E-state index in [4.69, 9.17) is 0 Å². The summed E-state index contributed by atoms with van der Waals surface area (Å²) in [5.41, 5.74) is 4.67. The summed E-state index contributed by atoms with van der Waals surface area (Å²) in [6.45, 7) is 4.00. The lowest BCUT2D eigenvalue weighted by Crippen LogP contribution is -2.03. The zero-order valence-corrected chi connectivity index (χ0v) is 14.9. The van der Waals surface area contributed by atoms with Crippen molar-refractivity contribution in [3.63, 3.8) is 0 Å². The van der Waals surface area contributed by atoms with Gasteiger partial charge in [-0.25, -0.2) is 4.98 Å². The second-order valence-electron chi connectivity index (χ2n) is 5.17. The van der Waals surface area contributed by atoms with E-state index in [-0.39, 0.29) is 8.76 Å². The lowest BCUT2D eigenvalue weighted by molar-refractivity contribution is -0.115. The van der Waals surface area contributed by atoms with Crippen LogP contribution < -0.4 is 10.6 Å². The largest absolute Gasteiger partial charge is 0.326 e. The summed E-state index contributed by atoms with van der Waals surface area (Å²) in [4.78, 5) is 26.2. The first-order valence-corrected chi connectivity index (χ1v) is 8.23. The average molecular weight is 360 g/mol. The van der Waals surface area contributed by atoms with Crippen LogP contribution in [0.1, 0.15) is 22.3 Å². The molecule has 7 heteroatoms. The minimum absolute atomic E-state index is 0. The van der Waals surface area contributed by atoms with Gasteiger partial charge >= 0.3 is 0 Å². The maximum absolute atomic E-state index is 11.4. The highest BCUT2D eigenvalue weighted by Crippen LogP contribution is 2.29. The molecular formula is C19H25FN4O2. The summed E-state index contributed by atoms with van der Waals surface area (Å²) in [6.07, 6.45) is 4.74. The van der Waals surface area contributed by atoms with Gasteiger partial charge < -0.3 is 15.0 Å². The molecule has 1 aromatic carbocycles. The molecule has 140 valence electrons. The standard InChI is InChI=1S/C16H12N4O2.C2H6.CH3F.2H2/c21-9-17-14-8-20-7-12(3-4-15(20)19-14)10-1-2-11-6-16(22)18-13(11)5-10;2*1-2;;/h1-5,7-9H,6H2,(H,17,21)(H,18,22);1-2H3;1H3;2*1H. The van der Waals surface area contributed by atoms with E-state index in [0.29, 0.717) is 25.8 Å². The molecule has 0 radical (unpaired) electrons. The molecule has 6 nitrogen and oxygen atoms in total. The Morgan fingerprint density at radius 1 is 1.19 bits per heavy atom. The zero-order chi connectivity index (χ0) is 19.1. The Bertz CT molecular complexity index is 931. The van der Waals surface area contributed by atoms with Crippen molar-refractivity contribution in [2.75, 3.05) is 17.8 Å². The summed E-state index contributed by atoms with van der Waals surface area (Å²) in [7, 11) is 0.500. The molecule has 0 bridgehead atoms. The number of rotatable bonds is 3. The smallest absolute Gasteiger partial charge is 0.228 e. The highest BCUT2D eigenvalue weighted by atomic mass is 19.1. The van der Waals surface area contributed by atoms with E-state index in [9.17, 15) is 14.0 Å². The number of fused-ring (bicyclic) bond motifs is 2. The first-order valence-electron chi connectivity index (χ1n) is 8.23. The topological polar surface area (TPSA) is 75.5 Å². The number of benzene rings is 1. The molecule has 0 saturated carbocycles. The number of aromatic nitrogens is 2. The van der Waals surface area contributed by atoms with Crippen LogP contribution in [0.15, 0.2) is 42.7 Å². The number of imidazole rings is 1. The lowest BCUT2D eigenvalue weighted by atomic mass is 10.0. The highest BCUT2D eigenvalue weighted by molar-refractivity contribution is 6.00. The van der Waals surface area contributed by atoms with Crippen LogP contribution in [-0.2, 0) is 16.0 Å². The Kier molecular flexibility index (Phi) is 6.43. The van der Waals surface area contributed by atoms with Crippen molar-refractivity contribution in [2.45, 2.75) is 20.3 Å². The first kappa shape index (κ1) is 19.1. The molecule has 1 aliphatic rings. The number of halogens is 1. The van der Waals surface area contributed by atoms with Crippen molar-refractivity contribution in [3.05, 3.63) is 48.3 Å². The van der Waals surface area contributed by atoms with Gasteiger partial charge in [-0.15, -0.1) is 0 Å². The first-order chi connectivity index (χ1) is 12.7. The van der Waals surface area contributed by atoms with Crippen LogP contribution in [0.4, 0.5) is 15.9 Å². The molecule has 0 fully saturated rings. The van der Waals surface area contributed by atoms with Crippen molar-refractivity contribution in [2.24, 2.45) is 0 Å². The number of amides is 2. The van der Waals surface area contributed by atoms with Gasteiger partial charge in [0.05, 0.1) is 19.8 Å². The predicted octanol–water partition coefficient (Wildman–Crippen LogP) is 4.17. The minimum atomic E-state index is 0. The van der Waals surface area contributed by atoms with Gasteiger partial charge in [0.1, 0.15) is 5.65 Å². The van der Waals surface area contributed by atoms with Gasteiger partial charge in [0.15, 0.2) is 5.82 Å². The van der Waals surface area contributed by atoms with E-state index in [1.54, 1.807) is 6.20 Å². The van der Waals surface area contributed by atoms with Crippen LogP contribution in [0, 0.1) is 0 Å². The molecule has 2 aromatic heterocycles. The fraction of sp³-hybridized carbons (Fsp3) is 0.211. The molecule has 0 spiro atoms. The number of hydrogen-bond acceptors (Lipinski definition) is 3. The fourth-order valence-electron chi connectivity index (χ4n) is 2.69. The molecule has 3 aromatic rings. The molecule has 0 saturated heterocycles. The van der Waals surface area contributed by atoms with Crippen LogP contribution >= 0.6 is 0 Å². The van der Waals surface area contributed by atoms with Crippen molar-refractivity contribution < 1.29 is 16.8 Å². The van der Waals surface area contributed by atoms with E-state index in [0.717, 1.165) is 28.0 Å². The summed E-state index contributed by atoms with van der Waals surface area (Å²) < 4.78 is 11.4. The van der Waals surface area contributed by atoms with E-state index in [2.05, 4.69) is 15.6 Å². The molecule has 0 aliphatic carbocycles. The maximum Gasteiger partial charge on any atom is 0.228 e. The number of nitrogens with one attached hydrogen (secondary N) is 2. The Morgan fingerprint density at radius 3 is 2.65 bits per heavy atom. The van der Waals surface area contributed by atoms with Crippen LogP contribution in [0.5, 0.6) is 0 Å². The molecule has 2 amide bonds. The average Bonchev–Trinajstić information content (AvgIpc) is 3.25. The monoisotopic (exact) mass is 360 g/mol. The summed E-state index contributed by atoms with van der Waals surface area (Å²) >= 11 is 0. The van der Waals surface area contributed by atoms with Crippen LogP contribution in [-0.4, -0.2) is 28.9 Å². The number of carbonyl (C=O) groups excluding carboxylic acids is 2. The Labute approximate surface area is 154 Å². The number of anilines is 2. The predicted molar refractivity (Wildman–Crippen MR) is 105 cm³/mol. The van der Waals surface area contributed by atoms with E-state index in [1.807, 2.05) is 54.8 Å². The number of alkyl halides is 1. The third-order valence-electron chi connectivity index (χ3n) is 3.73. The molecule has 3 heterocycles. The van der Waals surface area contributed by atoms with Gasteiger partial charge in [-0.05, 0) is 34.9 Å². The molecule has 1 aliphatic heterocycles. The summed E-state index contributed by atoms with van der Waals surface area (Å²) in [6, 6.07) is 9.80. The van der Waals surface area contributed by atoms with Gasteiger partial charge in [0.2, 0.25) is 12.3 Å². The second-order valence-corrected chi connectivity index (χ2v) is 5.17. The highest BCUT2D eigenvalue weighted by Gasteiger charge is 2.17. The normalized spacial score (nSPS) is 11.5. The third kappa shape index (κ3) is 3.88. The zero-order valence-electron chi connectivity index (χ0n) is 14.9. The van der Waals surface area contributed by atoms with Crippen molar-refractivity contribution in [1.29, 1.82) is 0 Å². The van der Waals surface area contributed by atoms with Gasteiger partial charge in [0, 0.05) is 14.7 Å². The number of hydrogen-bond donors (Lipinski definition) is 2. The van der Waals surface area contributed by atoms with Gasteiger partial charge in [-0.3, -0.25) is 14.0 Å². The molecule has 0 atom stereocenters. The number of pyridine rings is 1. The SMILES string of the molecule is CC.CF.O=CNc1cn2cc(-c3ccc4c(c3)NC(=O)C4)ccc2n1.[HH].[HH]. The minimum Gasteiger partial charge on any atom is -0.326 e. The Morgan fingerprint density at radius 2 is 1.92 bits per heavy atom. The molecular weight excluding hydrogens is 335 g/mol. The second kappa shape index (κ2) is 8.75. The molecule has 26 heavy (non-hydrogen) atoms. The Hall–Kier alpha value is -3.22. The van der Waals surface area contributed by atoms with Crippen LogP contribution in [0.25, 0.3) is 16.8 Å². The fourth-order valence-corrected chi connectivity index (χ4v) is 2.69. The molecule has 0 unspecified atom stereocenters. The summed E-state index contributed by atoms with van der Waals surface area (Å²) in [5.74, 6) is 0.537. The quantitative estimate of drug-likeness (QED) is 0.689. The lowest BCUT2D eigenvalue weighted by Gasteiger charge is -2.05. The summed E-state index contributed by atoms with van der Waals surface area (Å²) in [5, 5.41) is 5.39. The van der Waals surface area contributed by atoms with E-state index < -0.39 is 0 Å². The van der Waals surface area contributed by atoms with Gasteiger partial charge in [-0.2, -0.15) is 0 Å². The van der Waals surface area contributed by atoms with Crippen molar-refractivity contribution in [1.82, 2.24) is 9.38 Å². The van der Waals surface area contributed by atoms with E-state index >= 15 is 0 Å². The maximum atomic E-state index is 11.4. The van der Waals surface area contributed by atoms with E-state index in [1.165, 1.54) is 0 Å². The van der Waals surface area contributed by atoms with Gasteiger partial charge in [-0.1, -0.05) is 26.0 Å². The van der Waals surface area contributed by atoms with Gasteiger partial charge in [0.25, 0.3) is 0 Å². The number of carbonyl (C=O) groups is 2.